The van der Waals surface area contributed by atoms with Crippen molar-refractivity contribution in [1.29, 1.82) is 0 Å². The summed E-state index contributed by atoms with van der Waals surface area (Å²) in [6.07, 6.45) is 10.4. The second-order valence-electron chi connectivity index (χ2n) is 11.0. The Bertz CT molecular complexity index is 760. The van der Waals surface area contributed by atoms with Crippen molar-refractivity contribution in [3.05, 3.63) is 35.9 Å². The molecule has 1 aromatic rings. The average molecular weight is 397 g/mol. The zero-order valence-corrected chi connectivity index (χ0v) is 18.0. The van der Waals surface area contributed by atoms with E-state index >= 15 is 0 Å². The largest absolute Gasteiger partial charge is 0.458 e. The van der Waals surface area contributed by atoms with Crippen LogP contribution in [0.25, 0.3) is 0 Å². The molecule has 0 unspecified atom stereocenters. The maximum atomic E-state index is 12.7. The van der Waals surface area contributed by atoms with Gasteiger partial charge < -0.3 is 9.84 Å². The first-order chi connectivity index (χ1) is 13.9. The highest BCUT2D eigenvalue weighted by Crippen LogP contribution is 2.66. The van der Waals surface area contributed by atoms with Crippen molar-refractivity contribution in [1.82, 2.24) is 0 Å². The van der Waals surface area contributed by atoms with Crippen LogP contribution in [0.2, 0.25) is 0 Å². The number of carbonyl (C=O) groups excluding carboxylic acids is 1. The van der Waals surface area contributed by atoms with Gasteiger partial charge in [0, 0.05) is 5.41 Å². The van der Waals surface area contributed by atoms with Gasteiger partial charge in [-0.05, 0) is 99.0 Å². The third-order valence-electron chi connectivity index (χ3n) is 9.81. The number of carbonyl (C=O) groups is 1. The summed E-state index contributed by atoms with van der Waals surface area (Å²) in [5.41, 5.74) is 1.20. The molecule has 0 aromatic heterocycles. The average Bonchev–Trinajstić information content (AvgIpc) is 3.05. The lowest BCUT2D eigenvalue weighted by Crippen LogP contribution is -2.54. The van der Waals surface area contributed by atoms with Crippen LogP contribution in [0.3, 0.4) is 0 Å². The van der Waals surface area contributed by atoms with Crippen LogP contribution in [0, 0.1) is 34.5 Å². The van der Waals surface area contributed by atoms with E-state index in [0.29, 0.717) is 22.8 Å². The molecule has 1 aromatic carbocycles. The first-order valence-corrected chi connectivity index (χ1v) is 11.9. The van der Waals surface area contributed by atoms with Gasteiger partial charge in [0.25, 0.3) is 0 Å². The van der Waals surface area contributed by atoms with Gasteiger partial charge in [0.2, 0.25) is 0 Å². The standard InChI is InChI=1S/C26H36O3/c1-25-14-12-19(27)16-18(25)8-9-20-21-10-11-23(26(21,2)15-13-22(20)25)29-24(28)17-6-4-3-5-7-17/h3-7,18-23,27H,8-16H2,1-2H3/t18-,19+,20+,21+,22-,23-,25-,26-/m0/s1. The van der Waals surface area contributed by atoms with Crippen molar-refractivity contribution in [2.75, 3.05) is 0 Å². The minimum absolute atomic E-state index is 0.0554. The highest BCUT2D eigenvalue weighted by molar-refractivity contribution is 5.89. The van der Waals surface area contributed by atoms with Gasteiger partial charge in [-0.15, -0.1) is 0 Å². The topological polar surface area (TPSA) is 46.5 Å². The molecule has 29 heavy (non-hydrogen) atoms. The SMILES string of the molecule is C[C@]12CC[C@@H](O)C[C@@H]1CC[C@@H]1[C@H]3CC[C@H](OC(=O)c4ccccc4)[C@@]3(C)CC[C@@H]12. The van der Waals surface area contributed by atoms with E-state index in [1.54, 1.807) is 0 Å². The van der Waals surface area contributed by atoms with Gasteiger partial charge in [-0.25, -0.2) is 4.79 Å². The predicted molar refractivity (Wildman–Crippen MR) is 113 cm³/mol. The fraction of sp³-hybridized carbons (Fsp3) is 0.731. The molecular formula is C26H36O3. The highest BCUT2D eigenvalue weighted by atomic mass is 16.5. The molecule has 0 amide bonds. The van der Waals surface area contributed by atoms with Crippen molar-refractivity contribution in [2.24, 2.45) is 34.5 Å². The number of hydrogen-bond donors (Lipinski definition) is 1. The Hall–Kier alpha value is -1.35. The normalized spacial score (nSPS) is 46.3. The second-order valence-corrected chi connectivity index (χ2v) is 11.0. The molecule has 8 atom stereocenters. The predicted octanol–water partition coefficient (Wildman–Crippen LogP) is 5.62. The molecule has 0 bridgehead atoms. The third-order valence-corrected chi connectivity index (χ3v) is 9.81. The fourth-order valence-corrected chi connectivity index (χ4v) is 8.15. The van der Waals surface area contributed by atoms with E-state index in [4.69, 9.17) is 4.74 Å². The summed E-state index contributed by atoms with van der Waals surface area (Å²) in [7, 11) is 0. The van der Waals surface area contributed by atoms with Gasteiger partial charge in [0.05, 0.1) is 11.7 Å². The number of aliphatic hydroxyl groups is 1. The highest BCUT2D eigenvalue weighted by Gasteiger charge is 2.61. The lowest BCUT2D eigenvalue weighted by Gasteiger charge is -2.60. The Morgan fingerprint density at radius 2 is 1.66 bits per heavy atom. The van der Waals surface area contributed by atoms with Gasteiger partial charge in [-0.3, -0.25) is 0 Å². The Morgan fingerprint density at radius 1 is 0.931 bits per heavy atom. The van der Waals surface area contributed by atoms with E-state index < -0.39 is 0 Å². The molecule has 0 radical (unpaired) electrons. The van der Waals surface area contributed by atoms with Crippen LogP contribution in [0.5, 0.6) is 0 Å². The van der Waals surface area contributed by atoms with E-state index in [2.05, 4.69) is 13.8 Å². The summed E-state index contributed by atoms with van der Waals surface area (Å²) in [6, 6.07) is 9.45. The van der Waals surface area contributed by atoms with Gasteiger partial charge in [0.1, 0.15) is 6.10 Å². The monoisotopic (exact) mass is 396 g/mol. The van der Waals surface area contributed by atoms with E-state index in [-0.39, 0.29) is 23.6 Å². The molecule has 3 heteroatoms. The number of benzene rings is 1. The number of ether oxygens (including phenoxy) is 1. The van der Waals surface area contributed by atoms with E-state index in [1.165, 1.54) is 38.5 Å². The molecule has 1 N–H and O–H groups in total. The third kappa shape index (κ3) is 3.07. The molecule has 0 spiro atoms. The van der Waals surface area contributed by atoms with Crippen LogP contribution in [-0.4, -0.2) is 23.3 Å². The molecule has 0 saturated heterocycles. The maximum Gasteiger partial charge on any atom is 0.338 e. The van der Waals surface area contributed by atoms with Crippen LogP contribution in [0.4, 0.5) is 0 Å². The number of hydrogen-bond acceptors (Lipinski definition) is 3. The van der Waals surface area contributed by atoms with Crippen LogP contribution in [-0.2, 0) is 4.74 Å². The van der Waals surface area contributed by atoms with Crippen molar-refractivity contribution >= 4 is 5.97 Å². The molecule has 4 aliphatic rings. The minimum Gasteiger partial charge on any atom is -0.458 e. The van der Waals surface area contributed by atoms with Crippen LogP contribution >= 0.6 is 0 Å². The van der Waals surface area contributed by atoms with E-state index in [9.17, 15) is 9.90 Å². The first kappa shape index (κ1) is 19.6. The molecule has 0 heterocycles. The zero-order valence-electron chi connectivity index (χ0n) is 18.0. The van der Waals surface area contributed by atoms with Crippen LogP contribution < -0.4 is 0 Å². The quantitative estimate of drug-likeness (QED) is 0.660. The number of aliphatic hydroxyl groups excluding tert-OH is 1. The van der Waals surface area contributed by atoms with E-state index in [1.807, 2.05) is 30.3 Å². The molecule has 4 aliphatic carbocycles. The van der Waals surface area contributed by atoms with Crippen LogP contribution in [0.1, 0.15) is 82.0 Å². The Kier molecular flexibility index (Phi) is 4.81. The lowest BCUT2D eigenvalue weighted by atomic mass is 9.45. The molecule has 0 aliphatic heterocycles. The summed E-state index contributed by atoms with van der Waals surface area (Å²) in [5.74, 6) is 2.78. The summed E-state index contributed by atoms with van der Waals surface area (Å²) in [5, 5.41) is 10.2. The zero-order chi connectivity index (χ0) is 20.2. The fourth-order valence-electron chi connectivity index (χ4n) is 8.15. The summed E-state index contributed by atoms with van der Waals surface area (Å²) in [4.78, 5) is 12.7. The first-order valence-electron chi connectivity index (χ1n) is 11.9. The maximum absolute atomic E-state index is 12.7. The molecule has 5 rings (SSSR count). The molecule has 4 fully saturated rings. The summed E-state index contributed by atoms with van der Waals surface area (Å²) < 4.78 is 6.12. The number of esters is 1. The smallest absolute Gasteiger partial charge is 0.338 e. The summed E-state index contributed by atoms with van der Waals surface area (Å²) >= 11 is 0. The Balaban J connectivity index is 1.34. The number of rotatable bonds is 2. The minimum atomic E-state index is -0.156. The Morgan fingerprint density at radius 3 is 2.45 bits per heavy atom. The van der Waals surface area contributed by atoms with Crippen molar-refractivity contribution in [2.45, 2.75) is 83.8 Å². The number of fused-ring (bicyclic) bond motifs is 5. The van der Waals surface area contributed by atoms with E-state index in [0.717, 1.165) is 31.1 Å². The van der Waals surface area contributed by atoms with Crippen LogP contribution in [0.15, 0.2) is 30.3 Å². The Labute approximate surface area is 175 Å². The van der Waals surface area contributed by atoms with Crippen molar-refractivity contribution in [3.63, 3.8) is 0 Å². The second kappa shape index (κ2) is 7.11. The molecular weight excluding hydrogens is 360 g/mol. The molecule has 4 saturated carbocycles. The van der Waals surface area contributed by atoms with Gasteiger partial charge in [0.15, 0.2) is 0 Å². The van der Waals surface area contributed by atoms with Crippen molar-refractivity contribution in [3.8, 4) is 0 Å². The molecule has 3 nitrogen and oxygen atoms in total. The molecule has 158 valence electrons. The van der Waals surface area contributed by atoms with Gasteiger partial charge >= 0.3 is 5.97 Å². The van der Waals surface area contributed by atoms with Crippen molar-refractivity contribution < 1.29 is 14.6 Å². The lowest BCUT2D eigenvalue weighted by molar-refractivity contribution is -0.134. The van der Waals surface area contributed by atoms with Gasteiger partial charge in [-0.2, -0.15) is 0 Å². The van der Waals surface area contributed by atoms with Gasteiger partial charge in [-0.1, -0.05) is 32.0 Å². The summed E-state index contributed by atoms with van der Waals surface area (Å²) in [6.45, 7) is 4.94.